The number of thiophene rings is 4. The summed E-state index contributed by atoms with van der Waals surface area (Å²) in [6.07, 6.45) is 28.2. The van der Waals surface area contributed by atoms with Crippen molar-refractivity contribution in [2.75, 3.05) is 7.11 Å². The van der Waals surface area contributed by atoms with E-state index < -0.39 is 0 Å². The molecular weight excluding hydrogens is 613 g/mol. The Labute approximate surface area is 280 Å². The van der Waals surface area contributed by atoms with Gasteiger partial charge in [0.05, 0.1) is 12.0 Å². The van der Waals surface area contributed by atoms with Crippen LogP contribution in [0.25, 0.3) is 40.4 Å². The Morgan fingerprint density at radius 2 is 1.09 bits per heavy atom. The SMILES string of the molecule is CCCCCCc1cc(C2=CC=CC2)sc1-c1ccc(-c2sc(-c3sc(C4=CC=CC4)cc3OC)cc2CCCCCC)s1. The molecule has 0 unspecified atom stereocenters. The van der Waals surface area contributed by atoms with Crippen molar-refractivity contribution in [1.29, 1.82) is 0 Å². The van der Waals surface area contributed by atoms with Gasteiger partial charge in [0.1, 0.15) is 5.75 Å². The maximum absolute atomic E-state index is 5.94. The normalized spacial score (nSPS) is 14.2. The zero-order valence-corrected chi connectivity index (χ0v) is 29.6. The first-order valence-corrected chi connectivity index (χ1v) is 19.7. The number of allylic oxidation sites excluding steroid dienone is 8. The summed E-state index contributed by atoms with van der Waals surface area (Å²) in [5.74, 6) is 1.00. The summed E-state index contributed by atoms with van der Waals surface area (Å²) in [6.45, 7) is 4.60. The number of hydrogen-bond acceptors (Lipinski definition) is 5. The van der Waals surface area contributed by atoms with Gasteiger partial charge in [0.2, 0.25) is 0 Å². The van der Waals surface area contributed by atoms with Crippen LogP contribution in [0.15, 0.2) is 66.8 Å². The van der Waals surface area contributed by atoms with E-state index in [0.29, 0.717) is 0 Å². The zero-order valence-electron chi connectivity index (χ0n) is 26.4. The van der Waals surface area contributed by atoms with E-state index in [4.69, 9.17) is 4.74 Å². The van der Waals surface area contributed by atoms with Gasteiger partial charge in [-0.25, -0.2) is 0 Å². The molecular formula is C39H44OS4. The minimum Gasteiger partial charge on any atom is -0.495 e. The second-order valence-corrected chi connectivity index (χ2v) is 16.1. The van der Waals surface area contributed by atoms with Crippen LogP contribution < -0.4 is 4.74 Å². The lowest BCUT2D eigenvalue weighted by Gasteiger charge is -2.03. The number of ether oxygens (including phenoxy) is 1. The number of aryl methyl sites for hydroxylation is 2. The molecule has 5 heteroatoms. The van der Waals surface area contributed by atoms with Gasteiger partial charge in [-0.05, 0) is 91.1 Å². The van der Waals surface area contributed by atoms with Crippen LogP contribution in [0.2, 0.25) is 0 Å². The van der Waals surface area contributed by atoms with Crippen LogP contribution >= 0.6 is 45.3 Å². The summed E-state index contributed by atoms with van der Waals surface area (Å²) in [7, 11) is 1.81. The Morgan fingerprint density at radius 1 is 0.568 bits per heavy atom. The molecule has 0 N–H and O–H groups in total. The Morgan fingerprint density at radius 3 is 1.61 bits per heavy atom. The van der Waals surface area contributed by atoms with E-state index >= 15 is 0 Å². The molecule has 0 saturated heterocycles. The van der Waals surface area contributed by atoms with E-state index in [1.165, 1.54) is 114 Å². The van der Waals surface area contributed by atoms with Crippen molar-refractivity contribution in [2.45, 2.75) is 90.9 Å². The molecule has 4 aromatic heterocycles. The smallest absolute Gasteiger partial charge is 0.138 e. The van der Waals surface area contributed by atoms with Gasteiger partial charge in [-0.1, -0.05) is 88.8 Å². The fraction of sp³-hybridized carbons (Fsp3) is 0.385. The van der Waals surface area contributed by atoms with Crippen molar-refractivity contribution >= 4 is 56.5 Å². The highest BCUT2D eigenvalue weighted by atomic mass is 32.1. The number of rotatable bonds is 16. The minimum atomic E-state index is 1.00. The van der Waals surface area contributed by atoms with Crippen LogP contribution in [-0.2, 0) is 12.8 Å². The van der Waals surface area contributed by atoms with E-state index in [0.717, 1.165) is 25.0 Å². The van der Waals surface area contributed by atoms with Crippen molar-refractivity contribution in [3.05, 3.63) is 87.7 Å². The first-order chi connectivity index (χ1) is 21.7. The van der Waals surface area contributed by atoms with Gasteiger partial charge < -0.3 is 4.74 Å². The first-order valence-electron chi connectivity index (χ1n) is 16.4. The highest BCUT2D eigenvalue weighted by molar-refractivity contribution is 7.29. The van der Waals surface area contributed by atoms with E-state index in [-0.39, 0.29) is 0 Å². The van der Waals surface area contributed by atoms with Gasteiger partial charge in [0.25, 0.3) is 0 Å². The summed E-state index contributed by atoms with van der Waals surface area (Å²) in [4.78, 5) is 11.2. The molecule has 44 heavy (non-hydrogen) atoms. The topological polar surface area (TPSA) is 9.23 Å². The van der Waals surface area contributed by atoms with Gasteiger partial charge in [-0.2, -0.15) is 0 Å². The Balaban J connectivity index is 1.33. The summed E-state index contributed by atoms with van der Waals surface area (Å²) in [6, 6.07) is 12.0. The van der Waals surface area contributed by atoms with Crippen LogP contribution in [0.4, 0.5) is 0 Å². The molecule has 0 spiro atoms. The van der Waals surface area contributed by atoms with Crippen molar-refractivity contribution in [2.24, 2.45) is 0 Å². The maximum Gasteiger partial charge on any atom is 0.138 e. The number of hydrogen-bond donors (Lipinski definition) is 0. The van der Waals surface area contributed by atoms with Crippen LogP contribution in [-0.4, -0.2) is 7.11 Å². The molecule has 2 aliphatic carbocycles. The molecule has 4 aromatic rings. The maximum atomic E-state index is 5.94. The average molecular weight is 657 g/mol. The summed E-state index contributed by atoms with van der Waals surface area (Å²) in [5, 5.41) is 0. The van der Waals surface area contributed by atoms with Crippen molar-refractivity contribution in [3.63, 3.8) is 0 Å². The molecule has 0 fully saturated rings. The molecule has 0 amide bonds. The van der Waals surface area contributed by atoms with Crippen LogP contribution in [0.3, 0.4) is 0 Å². The van der Waals surface area contributed by atoms with E-state index in [1.807, 2.05) is 52.5 Å². The molecule has 0 aliphatic heterocycles. The quantitative estimate of drug-likeness (QED) is 0.109. The molecule has 0 atom stereocenters. The molecule has 0 bridgehead atoms. The molecule has 0 radical (unpaired) electrons. The Bertz CT molecular complexity index is 1680. The van der Waals surface area contributed by atoms with Gasteiger partial charge in [0.15, 0.2) is 0 Å². The van der Waals surface area contributed by atoms with Gasteiger partial charge >= 0.3 is 0 Å². The summed E-state index contributed by atoms with van der Waals surface area (Å²) < 4.78 is 5.94. The lowest BCUT2D eigenvalue weighted by atomic mass is 10.0. The second kappa shape index (κ2) is 15.2. The molecule has 6 rings (SSSR count). The third-order valence-corrected chi connectivity index (χ3v) is 13.8. The van der Waals surface area contributed by atoms with Gasteiger partial charge in [-0.15, -0.1) is 45.3 Å². The Hall–Kier alpha value is -2.44. The summed E-state index contributed by atoms with van der Waals surface area (Å²) in [5.41, 5.74) is 5.91. The highest BCUT2D eigenvalue weighted by Crippen LogP contribution is 2.50. The van der Waals surface area contributed by atoms with Gasteiger partial charge in [0, 0.05) is 34.1 Å². The predicted molar refractivity (Wildman–Crippen MR) is 200 cm³/mol. The largest absolute Gasteiger partial charge is 0.495 e. The zero-order chi connectivity index (χ0) is 30.3. The molecule has 2 aliphatic rings. The monoisotopic (exact) mass is 656 g/mol. The molecule has 0 saturated carbocycles. The fourth-order valence-electron chi connectivity index (χ4n) is 6.10. The third-order valence-electron chi connectivity index (χ3n) is 8.59. The number of unbranched alkanes of at least 4 members (excludes halogenated alkanes) is 6. The van der Waals surface area contributed by atoms with E-state index in [1.54, 1.807) is 5.56 Å². The minimum absolute atomic E-state index is 1.00. The second-order valence-electron chi connectivity index (χ2n) is 11.9. The Kier molecular flexibility index (Phi) is 10.9. The molecule has 4 heterocycles. The lowest BCUT2D eigenvalue weighted by Crippen LogP contribution is -1.85. The predicted octanol–water partition coefficient (Wildman–Crippen LogP) is 13.9. The molecule has 230 valence electrons. The van der Waals surface area contributed by atoms with E-state index in [2.05, 4.69) is 80.6 Å². The van der Waals surface area contributed by atoms with Crippen molar-refractivity contribution in [1.82, 2.24) is 0 Å². The summed E-state index contributed by atoms with van der Waals surface area (Å²) >= 11 is 7.85. The molecule has 0 aromatic carbocycles. The third kappa shape index (κ3) is 7.17. The standard InChI is InChI=1S/C39H44OS4/c1-4-6-8-10-20-29-24-34(27-16-12-13-17-27)42-37(29)32-22-23-33(41-32)38-30(21-11-9-7-5-2)25-36(44-38)39-31(40-3)26-35(43-39)28-18-14-15-19-28/h12-16,18,22-26H,4-11,17,19-21H2,1-3H3. The van der Waals surface area contributed by atoms with Crippen molar-refractivity contribution in [3.8, 4) is 35.0 Å². The van der Waals surface area contributed by atoms with E-state index in [9.17, 15) is 0 Å². The van der Waals surface area contributed by atoms with Crippen LogP contribution in [0.5, 0.6) is 5.75 Å². The average Bonchev–Trinajstić information content (AvgIpc) is 3.88. The van der Waals surface area contributed by atoms with Gasteiger partial charge in [-0.3, -0.25) is 0 Å². The highest BCUT2D eigenvalue weighted by Gasteiger charge is 2.22. The fourth-order valence-corrected chi connectivity index (χ4v) is 11.1. The number of methoxy groups -OCH3 is 1. The first kappa shape index (κ1) is 31.5. The van der Waals surface area contributed by atoms with Crippen LogP contribution in [0, 0.1) is 0 Å². The lowest BCUT2D eigenvalue weighted by molar-refractivity contribution is 0.418. The van der Waals surface area contributed by atoms with Crippen LogP contribution in [0.1, 0.15) is 98.9 Å². The van der Waals surface area contributed by atoms with Crippen molar-refractivity contribution < 1.29 is 4.74 Å². The molecule has 1 nitrogen and oxygen atoms in total.